The lowest BCUT2D eigenvalue weighted by atomic mass is 10.0. The molecular formula is C18H21N3O3. The smallest absolute Gasteiger partial charge is 0.315 e. The predicted molar refractivity (Wildman–Crippen MR) is 89.1 cm³/mol. The van der Waals surface area contributed by atoms with Crippen molar-refractivity contribution in [3.05, 3.63) is 59.5 Å². The van der Waals surface area contributed by atoms with Crippen LogP contribution in [-0.2, 0) is 17.8 Å². The van der Waals surface area contributed by atoms with Gasteiger partial charge in [0.2, 0.25) is 5.91 Å². The number of fused-ring (bicyclic) bond motifs is 1. The van der Waals surface area contributed by atoms with E-state index in [1.807, 2.05) is 18.2 Å². The van der Waals surface area contributed by atoms with Crippen LogP contribution in [0.25, 0.3) is 0 Å². The molecule has 1 heterocycles. The summed E-state index contributed by atoms with van der Waals surface area (Å²) in [6.45, 7) is 2.34. The number of benzene rings is 1. The molecule has 3 N–H and O–H groups in total. The van der Waals surface area contributed by atoms with Gasteiger partial charge in [0.1, 0.15) is 5.76 Å². The Balaban J connectivity index is 1.45. The molecule has 2 aromatic rings. The van der Waals surface area contributed by atoms with Gasteiger partial charge in [-0.25, -0.2) is 4.79 Å². The maximum atomic E-state index is 12.1. The number of nitrogens with one attached hydrogen (secondary N) is 3. The lowest BCUT2D eigenvalue weighted by molar-refractivity contribution is -0.121. The Hall–Kier alpha value is -2.76. The summed E-state index contributed by atoms with van der Waals surface area (Å²) in [5.74, 6) is 0.807. The number of urea groups is 1. The molecule has 126 valence electrons. The van der Waals surface area contributed by atoms with E-state index in [1.54, 1.807) is 18.4 Å². The summed E-state index contributed by atoms with van der Waals surface area (Å²) in [6.07, 6.45) is 2.50. The molecule has 0 saturated carbocycles. The normalized spacial score (nSPS) is 18.7. The third-order valence-electron chi connectivity index (χ3n) is 4.23. The van der Waals surface area contributed by atoms with Crippen LogP contribution in [0.4, 0.5) is 4.79 Å². The van der Waals surface area contributed by atoms with Gasteiger partial charge in [-0.2, -0.15) is 0 Å². The minimum atomic E-state index is -0.401. The number of carbonyl (C=O) groups excluding carboxylic acids is 2. The first-order valence-electron chi connectivity index (χ1n) is 8.04. The summed E-state index contributed by atoms with van der Waals surface area (Å²) in [4.78, 5) is 23.8. The molecule has 2 atom stereocenters. The number of furan rings is 1. The summed E-state index contributed by atoms with van der Waals surface area (Å²) < 4.78 is 5.12. The van der Waals surface area contributed by atoms with Gasteiger partial charge in [-0.3, -0.25) is 4.79 Å². The van der Waals surface area contributed by atoms with Crippen LogP contribution in [0, 0.1) is 5.92 Å². The van der Waals surface area contributed by atoms with E-state index in [0.29, 0.717) is 11.7 Å². The van der Waals surface area contributed by atoms with Crippen molar-refractivity contribution < 1.29 is 14.0 Å². The van der Waals surface area contributed by atoms with E-state index in [2.05, 4.69) is 28.9 Å². The number of carbonyl (C=O) groups is 2. The van der Waals surface area contributed by atoms with Crippen LogP contribution >= 0.6 is 0 Å². The summed E-state index contributed by atoms with van der Waals surface area (Å²) >= 11 is 0. The molecule has 0 aliphatic heterocycles. The first kappa shape index (κ1) is 16.1. The van der Waals surface area contributed by atoms with Gasteiger partial charge in [-0.05, 0) is 35.6 Å². The third kappa shape index (κ3) is 3.76. The van der Waals surface area contributed by atoms with Gasteiger partial charge in [-0.1, -0.05) is 31.2 Å². The predicted octanol–water partition coefficient (Wildman–Crippen LogP) is 2.13. The van der Waals surface area contributed by atoms with Gasteiger partial charge in [0.25, 0.3) is 0 Å². The molecule has 1 aliphatic rings. The Labute approximate surface area is 140 Å². The van der Waals surface area contributed by atoms with Crippen molar-refractivity contribution >= 4 is 11.9 Å². The molecule has 6 heteroatoms. The average molecular weight is 327 g/mol. The molecule has 0 unspecified atom stereocenters. The zero-order chi connectivity index (χ0) is 16.9. The number of hydrogen-bond donors (Lipinski definition) is 3. The van der Waals surface area contributed by atoms with Crippen LogP contribution in [0.2, 0.25) is 0 Å². The monoisotopic (exact) mass is 327 g/mol. The van der Waals surface area contributed by atoms with Crippen LogP contribution < -0.4 is 16.0 Å². The highest BCUT2D eigenvalue weighted by Gasteiger charge is 2.29. The fourth-order valence-corrected chi connectivity index (χ4v) is 3.04. The fraction of sp³-hybridized carbons (Fsp3) is 0.333. The van der Waals surface area contributed by atoms with Gasteiger partial charge in [0.05, 0.1) is 25.4 Å². The van der Waals surface area contributed by atoms with E-state index >= 15 is 0 Å². The highest BCUT2D eigenvalue weighted by Crippen LogP contribution is 2.35. The zero-order valence-corrected chi connectivity index (χ0v) is 13.5. The molecule has 0 bridgehead atoms. The number of rotatable bonds is 5. The standard InChI is InChI=1S/C18H21N3O3/c1-12-9-13-5-2-3-7-15(13)17(12)21-16(22)11-20-18(23)19-10-14-6-4-8-24-14/h2-8,12,17H,9-11H2,1H3,(H,21,22)(H2,19,20,23)/t12-,17-/m0/s1. The van der Waals surface area contributed by atoms with E-state index in [4.69, 9.17) is 4.42 Å². The summed E-state index contributed by atoms with van der Waals surface area (Å²) in [7, 11) is 0. The second kappa shape index (κ2) is 7.21. The highest BCUT2D eigenvalue weighted by molar-refractivity contribution is 5.84. The Bertz CT molecular complexity index is 712. The van der Waals surface area contributed by atoms with Crippen LogP contribution in [0.3, 0.4) is 0 Å². The van der Waals surface area contributed by atoms with Crippen molar-refractivity contribution in [2.24, 2.45) is 5.92 Å². The third-order valence-corrected chi connectivity index (χ3v) is 4.23. The summed E-state index contributed by atoms with van der Waals surface area (Å²) in [5.41, 5.74) is 2.44. The topological polar surface area (TPSA) is 83.4 Å². The van der Waals surface area contributed by atoms with Gasteiger partial charge in [-0.15, -0.1) is 0 Å². The van der Waals surface area contributed by atoms with Crippen LogP contribution in [0.5, 0.6) is 0 Å². The molecule has 3 amide bonds. The first-order valence-corrected chi connectivity index (χ1v) is 8.04. The molecule has 0 spiro atoms. The average Bonchev–Trinajstić information content (AvgIpc) is 3.20. The highest BCUT2D eigenvalue weighted by atomic mass is 16.3. The van der Waals surface area contributed by atoms with E-state index in [0.717, 1.165) is 6.42 Å². The molecule has 1 aromatic heterocycles. The van der Waals surface area contributed by atoms with Crippen LogP contribution in [0.15, 0.2) is 47.1 Å². The van der Waals surface area contributed by atoms with Gasteiger partial charge in [0, 0.05) is 0 Å². The quantitative estimate of drug-likeness (QED) is 0.786. The van der Waals surface area contributed by atoms with Crippen molar-refractivity contribution in [1.82, 2.24) is 16.0 Å². The molecule has 1 aromatic carbocycles. The Morgan fingerprint density at radius 1 is 1.17 bits per heavy atom. The van der Waals surface area contributed by atoms with E-state index in [-0.39, 0.29) is 25.0 Å². The number of hydrogen-bond acceptors (Lipinski definition) is 3. The zero-order valence-electron chi connectivity index (χ0n) is 13.5. The molecule has 6 nitrogen and oxygen atoms in total. The second-order valence-electron chi connectivity index (χ2n) is 6.04. The molecular weight excluding hydrogens is 306 g/mol. The van der Waals surface area contributed by atoms with Crippen molar-refractivity contribution in [2.45, 2.75) is 25.9 Å². The SMILES string of the molecule is C[C@H]1Cc2ccccc2[C@H]1NC(=O)CNC(=O)NCc1ccco1. The first-order chi connectivity index (χ1) is 11.6. The summed E-state index contributed by atoms with van der Waals surface area (Å²) in [5, 5.41) is 8.20. The van der Waals surface area contributed by atoms with E-state index in [9.17, 15) is 9.59 Å². The fourth-order valence-electron chi connectivity index (χ4n) is 3.04. The lowest BCUT2D eigenvalue weighted by Crippen LogP contribution is -2.43. The molecule has 1 aliphatic carbocycles. The molecule has 24 heavy (non-hydrogen) atoms. The molecule has 0 fully saturated rings. The largest absolute Gasteiger partial charge is 0.467 e. The lowest BCUT2D eigenvalue weighted by Gasteiger charge is -2.19. The Morgan fingerprint density at radius 2 is 2.00 bits per heavy atom. The maximum Gasteiger partial charge on any atom is 0.315 e. The van der Waals surface area contributed by atoms with Crippen molar-refractivity contribution in [3.63, 3.8) is 0 Å². The number of amides is 3. The van der Waals surface area contributed by atoms with Crippen molar-refractivity contribution in [3.8, 4) is 0 Å². The van der Waals surface area contributed by atoms with Gasteiger partial charge in [0.15, 0.2) is 0 Å². The maximum absolute atomic E-state index is 12.1. The summed E-state index contributed by atoms with van der Waals surface area (Å²) in [6, 6.07) is 11.3. The minimum absolute atomic E-state index is 0.00156. The van der Waals surface area contributed by atoms with Gasteiger partial charge >= 0.3 is 6.03 Å². The minimum Gasteiger partial charge on any atom is -0.467 e. The van der Waals surface area contributed by atoms with Crippen LogP contribution in [0.1, 0.15) is 29.9 Å². The molecule has 0 radical (unpaired) electrons. The van der Waals surface area contributed by atoms with Crippen molar-refractivity contribution in [1.29, 1.82) is 0 Å². The van der Waals surface area contributed by atoms with Crippen LogP contribution in [-0.4, -0.2) is 18.5 Å². The van der Waals surface area contributed by atoms with Gasteiger partial charge < -0.3 is 20.4 Å². The molecule has 0 saturated heterocycles. The Morgan fingerprint density at radius 3 is 2.79 bits per heavy atom. The van der Waals surface area contributed by atoms with Crippen molar-refractivity contribution in [2.75, 3.05) is 6.54 Å². The molecule has 3 rings (SSSR count). The second-order valence-corrected chi connectivity index (χ2v) is 6.04. The van der Waals surface area contributed by atoms with E-state index in [1.165, 1.54) is 11.1 Å². The van der Waals surface area contributed by atoms with E-state index < -0.39 is 6.03 Å². The Kier molecular flexibility index (Phi) is 4.84.